The van der Waals surface area contributed by atoms with E-state index in [4.69, 9.17) is 0 Å². The van der Waals surface area contributed by atoms with Crippen LogP contribution in [0.2, 0.25) is 0 Å². The molecule has 0 radical (unpaired) electrons. The number of rotatable bonds is 5. The number of aryl methyl sites for hydroxylation is 1. The number of hydrogen-bond acceptors (Lipinski definition) is 5. The summed E-state index contributed by atoms with van der Waals surface area (Å²) in [4.78, 5) is 34.8. The van der Waals surface area contributed by atoms with E-state index >= 15 is 0 Å². The zero-order valence-corrected chi connectivity index (χ0v) is 21.9. The second kappa shape index (κ2) is 9.92. The lowest BCUT2D eigenvalue weighted by Crippen LogP contribution is -2.21. The molecule has 12 heteroatoms. The number of alkyl halides is 3. The van der Waals surface area contributed by atoms with Crippen LogP contribution in [0, 0.1) is 13.8 Å². The Bertz CT molecular complexity index is 1510. The van der Waals surface area contributed by atoms with Crippen LogP contribution in [0.1, 0.15) is 43.5 Å². The number of carbonyl (C=O) groups is 2. The molecule has 8 nitrogen and oxygen atoms in total. The molecule has 0 aliphatic heterocycles. The van der Waals surface area contributed by atoms with E-state index < -0.39 is 17.8 Å². The molecule has 0 bridgehead atoms. The molecule has 3 aromatic heterocycles. The van der Waals surface area contributed by atoms with Crippen LogP contribution in [0.15, 0.2) is 47.1 Å². The molecule has 3 heterocycles. The normalized spacial score (nSPS) is 11.6. The zero-order chi connectivity index (χ0) is 27.1. The first-order valence-corrected chi connectivity index (χ1v) is 11.8. The van der Waals surface area contributed by atoms with E-state index in [2.05, 4.69) is 36.3 Å². The first kappa shape index (κ1) is 26.3. The Balaban J connectivity index is 1.64. The lowest BCUT2D eigenvalue weighted by Gasteiger charge is -2.13. The minimum atomic E-state index is -4.72. The predicted molar refractivity (Wildman–Crippen MR) is 135 cm³/mol. The highest BCUT2D eigenvalue weighted by Crippen LogP contribution is 2.32. The van der Waals surface area contributed by atoms with Gasteiger partial charge in [-0.3, -0.25) is 19.3 Å². The molecule has 0 spiro atoms. The van der Waals surface area contributed by atoms with Gasteiger partial charge in [0.2, 0.25) is 0 Å². The summed E-state index contributed by atoms with van der Waals surface area (Å²) in [6.07, 6.45) is -3.23. The third-order valence-electron chi connectivity index (χ3n) is 5.72. The second-order valence-corrected chi connectivity index (χ2v) is 9.53. The van der Waals surface area contributed by atoms with Crippen molar-refractivity contribution in [1.82, 2.24) is 24.6 Å². The number of aromatic nitrogens is 4. The van der Waals surface area contributed by atoms with Crippen LogP contribution in [-0.2, 0) is 12.7 Å². The molecule has 1 N–H and O–H groups in total. The van der Waals surface area contributed by atoms with Gasteiger partial charge in [-0.1, -0.05) is 15.9 Å². The Labute approximate surface area is 218 Å². The lowest BCUT2D eigenvalue weighted by atomic mass is 10.1. The van der Waals surface area contributed by atoms with Crippen molar-refractivity contribution in [3.63, 3.8) is 0 Å². The van der Waals surface area contributed by atoms with Crippen molar-refractivity contribution in [1.29, 1.82) is 0 Å². The number of amides is 2. The molecule has 0 saturated heterocycles. The molecule has 0 unspecified atom stereocenters. The van der Waals surface area contributed by atoms with Gasteiger partial charge in [0.15, 0.2) is 0 Å². The van der Waals surface area contributed by atoms with Crippen LogP contribution in [0.5, 0.6) is 0 Å². The number of nitrogens with zero attached hydrogens (tertiary/aromatic N) is 5. The number of fused-ring (bicyclic) bond motifs is 1. The van der Waals surface area contributed by atoms with Crippen LogP contribution in [0.4, 0.5) is 18.9 Å². The van der Waals surface area contributed by atoms with Crippen LogP contribution in [-0.4, -0.2) is 50.6 Å². The van der Waals surface area contributed by atoms with Crippen molar-refractivity contribution >= 4 is 44.3 Å². The average molecular weight is 575 g/mol. The van der Waals surface area contributed by atoms with Gasteiger partial charge in [0.25, 0.3) is 11.8 Å². The van der Waals surface area contributed by atoms with Gasteiger partial charge in [0.05, 0.1) is 46.0 Å². The molecule has 2 amide bonds. The van der Waals surface area contributed by atoms with Crippen LogP contribution >= 0.6 is 15.9 Å². The lowest BCUT2D eigenvalue weighted by molar-refractivity contribution is -0.140. The van der Waals surface area contributed by atoms with E-state index in [0.717, 1.165) is 6.07 Å². The van der Waals surface area contributed by atoms with Crippen molar-refractivity contribution in [2.24, 2.45) is 0 Å². The van der Waals surface area contributed by atoms with E-state index in [9.17, 15) is 22.8 Å². The van der Waals surface area contributed by atoms with E-state index in [0.29, 0.717) is 32.8 Å². The molecule has 1 aromatic carbocycles. The quantitative estimate of drug-likeness (QED) is 0.352. The van der Waals surface area contributed by atoms with Gasteiger partial charge < -0.3 is 10.2 Å². The standard InChI is InChI=1S/C25H22BrF3N6O2/c1-13-22(14(2)35(33-13)12-17-7-5-15(11-30-17)24(37)34(3)4)32-23(36)19-10-21(25(27,28)29)31-20-8-6-16(26)9-18(19)20/h5-11H,12H2,1-4H3,(H,32,36). The van der Waals surface area contributed by atoms with Gasteiger partial charge in [0.1, 0.15) is 5.69 Å². The monoisotopic (exact) mass is 574 g/mol. The topological polar surface area (TPSA) is 93.0 Å². The molecule has 0 fully saturated rings. The summed E-state index contributed by atoms with van der Waals surface area (Å²) in [5.74, 6) is -0.883. The third kappa shape index (κ3) is 5.48. The minimum absolute atomic E-state index is 0.0505. The van der Waals surface area contributed by atoms with Gasteiger partial charge in [-0.15, -0.1) is 0 Å². The molecule has 0 aliphatic rings. The first-order valence-electron chi connectivity index (χ1n) is 11.0. The Morgan fingerprint density at radius 2 is 1.84 bits per heavy atom. The molecule has 4 aromatic rings. The zero-order valence-electron chi connectivity index (χ0n) is 20.3. The summed E-state index contributed by atoms with van der Waals surface area (Å²) in [6.45, 7) is 3.69. The Kier molecular flexibility index (Phi) is 7.05. The fraction of sp³-hybridized carbons (Fsp3) is 0.240. The molecule has 0 atom stereocenters. The molecule has 0 aliphatic carbocycles. The van der Waals surface area contributed by atoms with Crippen LogP contribution in [0.25, 0.3) is 10.9 Å². The Hall–Kier alpha value is -3.80. The molecule has 4 rings (SSSR count). The van der Waals surface area contributed by atoms with Gasteiger partial charge in [0, 0.05) is 30.2 Å². The maximum atomic E-state index is 13.5. The SMILES string of the molecule is Cc1nn(Cc2ccc(C(=O)N(C)C)cn2)c(C)c1NC(=O)c1cc(C(F)(F)F)nc2ccc(Br)cc12. The number of pyridine rings is 2. The number of benzene rings is 1. The van der Waals surface area contributed by atoms with E-state index in [1.807, 2.05) is 0 Å². The fourth-order valence-electron chi connectivity index (χ4n) is 3.80. The van der Waals surface area contributed by atoms with Crippen LogP contribution in [0.3, 0.4) is 0 Å². The molecular formula is C25H22BrF3N6O2. The Morgan fingerprint density at radius 1 is 1.11 bits per heavy atom. The average Bonchev–Trinajstić information content (AvgIpc) is 3.09. The van der Waals surface area contributed by atoms with Gasteiger partial charge in [-0.05, 0) is 50.2 Å². The summed E-state index contributed by atoms with van der Waals surface area (Å²) < 4.78 is 42.6. The van der Waals surface area contributed by atoms with E-state index in [1.54, 1.807) is 56.9 Å². The van der Waals surface area contributed by atoms with Crippen LogP contribution < -0.4 is 5.32 Å². The highest BCUT2D eigenvalue weighted by molar-refractivity contribution is 9.10. The minimum Gasteiger partial charge on any atom is -0.345 e. The maximum absolute atomic E-state index is 13.5. The Morgan fingerprint density at radius 3 is 2.46 bits per heavy atom. The molecular weight excluding hydrogens is 553 g/mol. The molecule has 192 valence electrons. The van der Waals surface area contributed by atoms with Gasteiger partial charge in [-0.2, -0.15) is 18.3 Å². The van der Waals surface area contributed by atoms with Crippen molar-refractivity contribution < 1.29 is 22.8 Å². The summed E-state index contributed by atoms with van der Waals surface area (Å²) in [6, 6.07) is 8.67. The van der Waals surface area contributed by atoms with Crippen molar-refractivity contribution in [3.8, 4) is 0 Å². The smallest absolute Gasteiger partial charge is 0.345 e. The fourth-order valence-corrected chi connectivity index (χ4v) is 4.16. The van der Waals surface area contributed by atoms with Crippen molar-refractivity contribution in [3.05, 3.63) is 81.0 Å². The highest BCUT2D eigenvalue weighted by atomic mass is 79.9. The number of hydrogen-bond donors (Lipinski definition) is 1. The van der Waals surface area contributed by atoms with Crippen molar-refractivity contribution in [2.75, 3.05) is 19.4 Å². The number of halogens is 4. The van der Waals surface area contributed by atoms with E-state index in [-0.39, 0.29) is 28.9 Å². The van der Waals surface area contributed by atoms with Gasteiger partial charge >= 0.3 is 6.18 Å². The summed E-state index contributed by atoms with van der Waals surface area (Å²) in [5.41, 5.74) is 1.29. The largest absolute Gasteiger partial charge is 0.433 e. The number of carbonyl (C=O) groups excluding carboxylic acids is 2. The van der Waals surface area contributed by atoms with Gasteiger partial charge in [-0.25, -0.2) is 4.98 Å². The maximum Gasteiger partial charge on any atom is 0.433 e. The summed E-state index contributed by atoms with van der Waals surface area (Å²) in [7, 11) is 3.30. The highest BCUT2D eigenvalue weighted by Gasteiger charge is 2.34. The number of nitrogens with one attached hydrogen (secondary N) is 1. The third-order valence-corrected chi connectivity index (χ3v) is 6.21. The van der Waals surface area contributed by atoms with Crippen molar-refractivity contribution in [2.45, 2.75) is 26.6 Å². The second-order valence-electron chi connectivity index (χ2n) is 8.61. The van der Waals surface area contributed by atoms with E-state index in [1.165, 1.54) is 17.2 Å². The predicted octanol–water partition coefficient (Wildman–Crippen LogP) is 5.23. The first-order chi connectivity index (χ1) is 17.3. The summed E-state index contributed by atoms with van der Waals surface area (Å²) in [5, 5.41) is 7.46. The summed E-state index contributed by atoms with van der Waals surface area (Å²) >= 11 is 3.30. The molecule has 37 heavy (non-hydrogen) atoms. The molecule has 0 saturated carbocycles. The number of anilines is 1.